The Morgan fingerprint density at radius 2 is 2.56 bits per heavy atom. The van der Waals surface area contributed by atoms with Gasteiger partial charge in [0, 0.05) is 19.0 Å². The van der Waals surface area contributed by atoms with Crippen LogP contribution >= 0.6 is 23.3 Å². The maximum Gasteiger partial charge on any atom is 0.220 e. The Morgan fingerprint density at radius 1 is 1.75 bits per heavy atom. The number of thioether (sulfide) groups is 1. The number of amides is 1. The van der Waals surface area contributed by atoms with E-state index in [1.165, 1.54) is 11.5 Å². The molecule has 1 aliphatic rings. The number of anilines is 2. The Bertz CT molecular complexity index is 393. The molecule has 1 saturated heterocycles. The van der Waals surface area contributed by atoms with E-state index in [0.29, 0.717) is 12.2 Å². The average molecular weight is 258 g/mol. The number of nitrogens with two attached hydrogens (primary N) is 1. The van der Waals surface area contributed by atoms with Crippen molar-refractivity contribution in [2.24, 2.45) is 0 Å². The predicted molar refractivity (Wildman–Crippen MR) is 68.0 cm³/mol. The van der Waals surface area contributed by atoms with Crippen LogP contribution in [0, 0.1) is 0 Å². The van der Waals surface area contributed by atoms with Crippen molar-refractivity contribution in [2.45, 2.75) is 23.8 Å². The van der Waals surface area contributed by atoms with Crippen molar-refractivity contribution in [3.05, 3.63) is 0 Å². The summed E-state index contributed by atoms with van der Waals surface area (Å²) in [6.07, 6.45) is 3.50. The van der Waals surface area contributed by atoms with Gasteiger partial charge in [-0.3, -0.25) is 4.79 Å². The smallest absolute Gasteiger partial charge is 0.220 e. The molecule has 4 N–H and O–H groups in total. The summed E-state index contributed by atoms with van der Waals surface area (Å²) in [5.74, 6) is 0.719. The molecule has 1 unspecified atom stereocenters. The van der Waals surface area contributed by atoms with Crippen LogP contribution in [0.3, 0.4) is 0 Å². The molecule has 2 heterocycles. The Kier molecular flexibility index (Phi) is 3.55. The molecular weight excluding hydrogens is 244 g/mol. The maximum atomic E-state index is 11.0. The van der Waals surface area contributed by atoms with Gasteiger partial charge in [-0.25, -0.2) is 0 Å². The summed E-state index contributed by atoms with van der Waals surface area (Å²) >= 11 is 2.95. The monoisotopic (exact) mass is 258 g/mol. The van der Waals surface area contributed by atoms with Crippen LogP contribution in [0.4, 0.5) is 10.8 Å². The minimum atomic E-state index is 0.140. The largest absolute Gasteiger partial charge is 0.382 e. The molecule has 0 aliphatic carbocycles. The number of hydrogen-bond acceptors (Lipinski definition) is 6. The minimum Gasteiger partial charge on any atom is -0.382 e. The third-order valence-corrected chi connectivity index (χ3v) is 4.24. The third kappa shape index (κ3) is 2.41. The number of carbonyl (C=O) groups is 1. The van der Waals surface area contributed by atoms with Crippen molar-refractivity contribution >= 4 is 40.0 Å². The number of nitrogens with zero attached hydrogens (tertiary/aromatic N) is 1. The van der Waals surface area contributed by atoms with Gasteiger partial charge in [-0.05, 0) is 24.2 Å². The van der Waals surface area contributed by atoms with Crippen molar-refractivity contribution < 1.29 is 4.79 Å². The Balaban J connectivity index is 1.91. The van der Waals surface area contributed by atoms with Gasteiger partial charge in [0.1, 0.15) is 5.00 Å². The highest BCUT2D eigenvalue weighted by atomic mass is 32.2. The highest BCUT2D eigenvalue weighted by Crippen LogP contribution is 2.34. The lowest BCUT2D eigenvalue weighted by atomic mass is 10.2. The van der Waals surface area contributed by atoms with E-state index in [1.807, 2.05) is 6.26 Å². The van der Waals surface area contributed by atoms with Crippen molar-refractivity contribution in [3.63, 3.8) is 0 Å². The normalized spacial score (nSPS) is 19.8. The second kappa shape index (κ2) is 4.92. The summed E-state index contributed by atoms with van der Waals surface area (Å²) in [6, 6.07) is 0.227. The third-order valence-electron chi connectivity index (χ3n) is 2.47. The fourth-order valence-corrected chi connectivity index (χ4v) is 3.20. The van der Waals surface area contributed by atoms with Crippen LogP contribution in [-0.2, 0) is 4.79 Å². The van der Waals surface area contributed by atoms with E-state index in [9.17, 15) is 4.79 Å². The fourth-order valence-electron chi connectivity index (χ4n) is 1.65. The summed E-state index contributed by atoms with van der Waals surface area (Å²) in [4.78, 5) is 12.0. The van der Waals surface area contributed by atoms with E-state index in [4.69, 9.17) is 5.73 Å². The second-order valence-electron chi connectivity index (χ2n) is 3.61. The molecule has 1 aliphatic heterocycles. The maximum absolute atomic E-state index is 11.0. The lowest BCUT2D eigenvalue weighted by Crippen LogP contribution is -2.31. The van der Waals surface area contributed by atoms with Gasteiger partial charge in [-0.15, -0.1) is 11.8 Å². The van der Waals surface area contributed by atoms with Crippen molar-refractivity contribution in [2.75, 3.05) is 23.9 Å². The average Bonchev–Trinajstić information content (AvgIpc) is 2.82. The molecule has 0 aromatic carbocycles. The van der Waals surface area contributed by atoms with E-state index in [2.05, 4.69) is 15.0 Å². The van der Waals surface area contributed by atoms with Gasteiger partial charge in [0.05, 0.1) is 4.90 Å². The van der Waals surface area contributed by atoms with Gasteiger partial charge in [-0.2, -0.15) is 4.37 Å². The van der Waals surface area contributed by atoms with Crippen LogP contribution in [0.1, 0.15) is 12.8 Å². The minimum absolute atomic E-state index is 0.140. The van der Waals surface area contributed by atoms with Crippen LogP contribution < -0.4 is 16.4 Å². The van der Waals surface area contributed by atoms with Gasteiger partial charge in [-0.1, -0.05) is 0 Å². The zero-order valence-corrected chi connectivity index (χ0v) is 10.6. The molecule has 1 atom stereocenters. The highest BCUT2D eigenvalue weighted by Gasteiger charge is 2.21. The van der Waals surface area contributed by atoms with Gasteiger partial charge in [0.2, 0.25) is 5.91 Å². The SMILES string of the molecule is CSc1c(N)nsc1NCC1CCC(=O)N1. The van der Waals surface area contributed by atoms with Gasteiger partial charge in [0.25, 0.3) is 0 Å². The lowest BCUT2D eigenvalue weighted by molar-refractivity contribution is -0.119. The van der Waals surface area contributed by atoms with Crippen LogP contribution in [0.15, 0.2) is 4.90 Å². The first-order valence-corrected chi connectivity index (χ1v) is 7.03. The quantitative estimate of drug-likeness (QED) is 0.706. The first-order valence-electron chi connectivity index (χ1n) is 5.03. The molecule has 0 spiro atoms. The zero-order chi connectivity index (χ0) is 11.5. The number of nitrogen functional groups attached to an aromatic ring is 1. The van der Waals surface area contributed by atoms with Crippen LogP contribution in [0.2, 0.25) is 0 Å². The van der Waals surface area contributed by atoms with Crippen molar-refractivity contribution in [1.82, 2.24) is 9.69 Å². The Labute approximate surface area is 102 Å². The summed E-state index contributed by atoms with van der Waals surface area (Å²) in [5, 5.41) is 7.19. The van der Waals surface area contributed by atoms with E-state index in [0.717, 1.165) is 22.9 Å². The topological polar surface area (TPSA) is 80.0 Å². The van der Waals surface area contributed by atoms with Crippen LogP contribution in [0.5, 0.6) is 0 Å². The van der Waals surface area contributed by atoms with Crippen molar-refractivity contribution in [1.29, 1.82) is 0 Å². The molecule has 16 heavy (non-hydrogen) atoms. The van der Waals surface area contributed by atoms with Gasteiger partial charge < -0.3 is 16.4 Å². The Morgan fingerprint density at radius 3 is 3.19 bits per heavy atom. The molecule has 1 fully saturated rings. The van der Waals surface area contributed by atoms with Crippen molar-refractivity contribution in [3.8, 4) is 0 Å². The highest BCUT2D eigenvalue weighted by molar-refractivity contribution is 7.99. The summed E-state index contributed by atoms with van der Waals surface area (Å²) in [5.41, 5.74) is 5.73. The van der Waals surface area contributed by atoms with Crippen LogP contribution in [0.25, 0.3) is 0 Å². The molecule has 2 rings (SSSR count). The van der Waals surface area contributed by atoms with Gasteiger partial charge in [0.15, 0.2) is 5.82 Å². The fraction of sp³-hybridized carbons (Fsp3) is 0.556. The summed E-state index contributed by atoms with van der Waals surface area (Å²) in [6.45, 7) is 0.737. The molecule has 7 heteroatoms. The first-order chi connectivity index (χ1) is 7.70. The summed E-state index contributed by atoms with van der Waals surface area (Å²) < 4.78 is 4.10. The first kappa shape index (κ1) is 11.5. The molecule has 88 valence electrons. The Hall–Kier alpha value is -0.950. The van der Waals surface area contributed by atoms with E-state index in [1.54, 1.807) is 11.8 Å². The van der Waals surface area contributed by atoms with Crippen LogP contribution in [-0.4, -0.2) is 29.1 Å². The number of rotatable bonds is 4. The number of nitrogens with one attached hydrogen (secondary N) is 2. The zero-order valence-electron chi connectivity index (χ0n) is 8.95. The molecule has 1 aromatic heterocycles. The number of carbonyl (C=O) groups excluding carboxylic acids is 1. The van der Waals surface area contributed by atoms with E-state index >= 15 is 0 Å². The molecule has 5 nitrogen and oxygen atoms in total. The molecule has 0 bridgehead atoms. The van der Waals surface area contributed by atoms with E-state index < -0.39 is 0 Å². The summed E-state index contributed by atoms with van der Waals surface area (Å²) in [7, 11) is 0. The predicted octanol–water partition coefficient (Wildman–Crippen LogP) is 1.14. The molecule has 1 amide bonds. The molecular formula is C9H14N4OS2. The second-order valence-corrected chi connectivity index (χ2v) is 5.20. The molecule has 0 saturated carbocycles. The molecule has 0 radical (unpaired) electrons. The lowest BCUT2D eigenvalue weighted by Gasteiger charge is -2.11. The molecule has 1 aromatic rings. The number of aromatic nitrogens is 1. The van der Waals surface area contributed by atoms with E-state index in [-0.39, 0.29) is 11.9 Å². The number of hydrogen-bond donors (Lipinski definition) is 3. The standard InChI is InChI=1S/C9H14N4OS2/c1-15-7-8(10)13-16-9(7)11-4-5-2-3-6(14)12-5/h5,11H,2-4H2,1H3,(H2,10,13)(H,12,14). The van der Waals surface area contributed by atoms with Gasteiger partial charge >= 0.3 is 0 Å².